The fraction of sp³-hybridized carbons (Fsp3) is 0.583. The Morgan fingerprint density at radius 3 is 2.19 bits per heavy atom. The zero-order chi connectivity index (χ0) is 26.6. The van der Waals surface area contributed by atoms with Gasteiger partial charge in [0.1, 0.15) is 18.8 Å². The average Bonchev–Trinajstić information content (AvgIpc) is 3.06. The normalized spacial score (nSPS) is 15.9. The summed E-state index contributed by atoms with van der Waals surface area (Å²) in [5, 5.41) is 5.22. The Bertz CT molecular complexity index is 866. The van der Waals surface area contributed by atoms with Gasteiger partial charge < -0.3 is 23.3 Å². The number of benzene rings is 1. The van der Waals surface area contributed by atoms with E-state index in [9.17, 15) is 19.2 Å². The summed E-state index contributed by atoms with van der Waals surface area (Å²) in [7, 11) is -1.25. The van der Waals surface area contributed by atoms with Crippen molar-refractivity contribution in [3.05, 3.63) is 35.4 Å². The van der Waals surface area contributed by atoms with Crippen molar-refractivity contribution in [1.29, 1.82) is 0 Å². The summed E-state index contributed by atoms with van der Waals surface area (Å²) < 4.78 is 22.6. The molecule has 12 heteroatoms. The van der Waals surface area contributed by atoms with Crippen LogP contribution in [0.3, 0.4) is 0 Å². The summed E-state index contributed by atoms with van der Waals surface area (Å²) in [5.74, 6) is -1.53. The van der Waals surface area contributed by atoms with Gasteiger partial charge in [0.25, 0.3) is 11.8 Å². The van der Waals surface area contributed by atoms with Gasteiger partial charge in [-0.25, -0.2) is 9.80 Å². The number of nitrogens with one attached hydrogen (secondary N) is 1. The molecule has 1 fully saturated rings. The quantitative estimate of drug-likeness (QED) is 0.151. The molecule has 1 aliphatic heterocycles. The van der Waals surface area contributed by atoms with Crippen LogP contribution in [0, 0.1) is 5.92 Å². The molecular weight excluding hydrogens is 486 g/mol. The molecule has 36 heavy (non-hydrogen) atoms. The minimum Gasteiger partial charge on any atom is -0.448 e. The molecule has 1 N–H and O–H groups in total. The molecule has 1 aliphatic rings. The van der Waals surface area contributed by atoms with Crippen LogP contribution in [0.1, 0.15) is 43.1 Å². The lowest BCUT2D eigenvalue weighted by atomic mass is 9.98. The molecule has 0 bridgehead atoms. The highest BCUT2D eigenvalue weighted by molar-refractivity contribution is 6.60. The van der Waals surface area contributed by atoms with E-state index in [0.717, 1.165) is 11.8 Å². The van der Waals surface area contributed by atoms with Crippen molar-refractivity contribution < 1.29 is 37.2 Å². The number of ether oxygens (including phenoxy) is 1. The van der Waals surface area contributed by atoms with E-state index < -0.39 is 20.8 Å². The smallest absolute Gasteiger partial charge is 0.448 e. The average molecular weight is 524 g/mol. The molecule has 200 valence electrons. The highest BCUT2D eigenvalue weighted by Gasteiger charge is 2.43. The van der Waals surface area contributed by atoms with Gasteiger partial charge in [-0.3, -0.25) is 19.4 Å². The fourth-order valence-electron chi connectivity index (χ4n) is 3.95. The van der Waals surface area contributed by atoms with Crippen molar-refractivity contribution in [3.8, 4) is 0 Å². The van der Waals surface area contributed by atoms with Crippen LogP contribution < -0.4 is 5.32 Å². The maximum absolute atomic E-state index is 12.8. The summed E-state index contributed by atoms with van der Waals surface area (Å²) in [4.78, 5) is 48.3. The molecule has 0 saturated carbocycles. The number of hydrogen-bond donors (Lipinski definition) is 1. The van der Waals surface area contributed by atoms with E-state index in [2.05, 4.69) is 5.32 Å². The monoisotopic (exact) mass is 523 g/mol. The van der Waals surface area contributed by atoms with Crippen LogP contribution in [0.4, 0.5) is 4.79 Å². The van der Waals surface area contributed by atoms with Crippen LogP contribution in [0.15, 0.2) is 24.3 Å². The third-order valence-electron chi connectivity index (χ3n) is 5.65. The topological polar surface area (TPSA) is 124 Å². The van der Waals surface area contributed by atoms with E-state index in [-0.39, 0.29) is 31.4 Å². The minimum absolute atomic E-state index is 0.0596. The molecule has 1 saturated heterocycles. The van der Waals surface area contributed by atoms with Crippen LogP contribution >= 0.6 is 0 Å². The summed E-state index contributed by atoms with van der Waals surface area (Å²) in [5.41, 5.74) is 1.31. The molecule has 1 aromatic rings. The number of aldehydes is 1. The maximum Gasteiger partial charge on any atom is 0.500 e. The molecule has 1 unspecified atom stereocenters. The predicted octanol–water partition coefficient (Wildman–Crippen LogP) is 2.04. The number of hydrazine groups is 1. The molecule has 3 amide bonds. The van der Waals surface area contributed by atoms with E-state index >= 15 is 0 Å². The van der Waals surface area contributed by atoms with Crippen molar-refractivity contribution in [2.45, 2.75) is 39.7 Å². The van der Waals surface area contributed by atoms with Gasteiger partial charge in [0.2, 0.25) is 0 Å². The van der Waals surface area contributed by atoms with Crippen molar-refractivity contribution in [1.82, 2.24) is 15.3 Å². The number of alkyl carbamates (subject to hydrolysis) is 1. The molecule has 0 spiro atoms. The third kappa shape index (κ3) is 8.12. The lowest BCUT2D eigenvalue weighted by Gasteiger charge is -2.28. The Balaban J connectivity index is 1.76. The lowest BCUT2D eigenvalue weighted by molar-refractivity contribution is -0.144. The van der Waals surface area contributed by atoms with Crippen LogP contribution in [0.2, 0.25) is 6.04 Å². The van der Waals surface area contributed by atoms with Gasteiger partial charge in [-0.2, -0.15) is 0 Å². The van der Waals surface area contributed by atoms with Crippen LogP contribution in [0.25, 0.3) is 0 Å². The highest BCUT2D eigenvalue weighted by Crippen LogP contribution is 2.22. The summed E-state index contributed by atoms with van der Waals surface area (Å²) in [6, 6.07) is 7.31. The molecule has 2 rings (SSSR count). The largest absolute Gasteiger partial charge is 0.500 e. The molecule has 0 aliphatic carbocycles. The predicted molar refractivity (Wildman–Crippen MR) is 133 cm³/mol. The highest BCUT2D eigenvalue weighted by atomic mass is 28.4. The molecule has 11 nitrogen and oxygen atoms in total. The SMILES string of the molecule is CCO[Si](CCCNC(=O)OCCN1C(=O)C(Cc2ccc(C=O)cc2)C(=O)N1C)(OCC)OCC. The number of hydrogen-bond acceptors (Lipinski definition) is 8. The Morgan fingerprint density at radius 2 is 1.64 bits per heavy atom. The molecule has 0 radical (unpaired) electrons. The van der Waals surface area contributed by atoms with E-state index in [1.807, 2.05) is 20.8 Å². The first-order valence-corrected chi connectivity index (χ1v) is 14.2. The number of rotatable bonds is 16. The molecular formula is C24H37N3O8Si. The summed E-state index contributed by atoms with van der Waals surface area (Å²) in [6.07, 6.45) is 0.950. The van der Waals surface area contributed by atoms with Gasteiger partial charge in [-0.05, 0) is 39.2 Å². The Morgan fingerprint density at radius 1 is 1.03 bits per heavy atom. The lowest BCUT2D eigenvalue weighted by Crippen LogP contribution is -2.46. The summed E-state index contributed by atoms with van der Waals surface area (Å²) >= 11 is 0. The van der Waals surface area contributed by atoms with Crippen molar-refractivity contribution in [3.63, 3.8) is 0 Å². The van der Waals surface area contributed by atoms with Gasteiger partial charge in [0.05, 0.1) is 6.54 Å². The minimum atomic E-state index is -2.76. The second-order valence-electron chi connectivity index (χ2n) is 8.09. The molecule has 1 heterocycles. The standard InChI is InChI=1S/C24H37N3O8Si/c1-5-33-36(34-6-2,35-7-3)16-8-13-25-24(31)32-15-14-27-23(30)21(22(29)26(27)4)17-19-9-11-20(18-28)12-10-19/h9-12,18,21H,5-8,13-17H2,1-4H3,(H,25,31). The summed E-state index contributed by atoms with van der Waals surface area (Å²) in [6.45, 7) is 7.48. The second-order valence-corrected chi connectivity index (χ2v) is 10.8. The van der Waals surface area contributed by atoms with E-state index in [1.165, 1.54) is 17.1 Å². The number of nitrogens with zero attached hydrogens (tertiary/aromatic N) is 2. The first-order chi connectivity index (χ1) is 17.3. The zero-order valence-corrected chi connectivity index (χ0v) is 22.5. The number of carbonyl (C=O) groups excluding carboxylic acids is 4. The first-order valence-electron chi connectivity index (χ1n) is 12.3. The third-order valence-corrected chi connectivity index (χ3v) is 8.80. The Hall–Kier alpha value is -2.80. The fourth-order valence-corrected chi connectivity index (χ4v) is 6.57. The maximum atomic E-state index is 12.8. The zero-order valence-electron chi connectivity index (χ0n) is 21.5. The van der Waals surface area contributed by atoms with Crippen LogP contribution in [-0.4, -0.2) is 89.6 Å². The van der Waals surface area contributed by atoms with Gasteiger partial charge in [-0.15, -0.1) is 0 Å². The Kier molecular flexibility index (Phi) is 12.0. The van der Waals surface area contributed by atoms with Crippen molar-refractivity contribution in [2.75, 3.05) is 46.6 Å². The van der Waals surface area contributed by atoms with Crippen molar-refractivity contribution in [2.24, 2.45) is 5.92 Å². The van der Waals surface area contributed by atoms with Gasteiger partial charge >= 0.3 is 14.9 Å². The van der Waals surface area contributed by atoms with Gasteiger partial charge in [0.15, 0.2) is 0 Å². The number of amides is 3. The molecule has 1 atom stereocenters. The van der Waals surface area contributed by atoms with E-state index in [4.69, 9.17) is 18.0 Å². The number of carbonyl (C=O) groups is 4. The molecule has 1 aromatic carbocycles. The van der Waals surface area contributed by atoms with Gasteiger partial charge in [0, 0.05) is 45.0 Å². The van der Waals surface area contributed by atoms with E-state index in [1.54, 1.807) is 24.3 Å². The first kappa shape index (κ1) is 29.4. The molecule has 0 aromatic heterocycles. The Labute approximate surface area is 213 Å². The van der Waals surface area contributed by atoms with Crippen molar-refractivity contribution >= 4 is 33.0 Å². The van der Waals surface area contributed by atoms with E-state index in [0.29, 0.717) is 44.4 Å². The van der Waals surface area contributed by atoms with Crippen LogP contribution in [-0.2, 0) is 34.0 Å². The van der Waals surface area contributed by atoms with Gasteiger partial charge in [-0.1, -0.05) is 24.3 Å². The second kappa shape index (κ2) is 14.7. The van der Waals surface area contributed by atoms with Crippen LogP contribution in [0.5, 0.6) is 0 Å².